The molecule has 0 saturated carbocycles. The normalized spacial score (nSPS) is 16.0. The van der Waals surface area contributed by atoms with Crippen molar-refractivity contribution >= 4 is 23.5 Å². The summed E-state index contributed by atoms with van der Waals surface area (Å²) in [6.07, 6.45) is 2.22. The van der Waals surface area contributed by atoms with E-state index in [1.807, 2.05) is 0 Å². The summed E-state index contributed by atoms with van der Waals surface area (Å²) in [7, 11) is 1.21. The maximum Gasteiger partial charge on any atom is 0.340 e. The number of methoxy groups -OCH3 is 1. The fraction of sp³-hybridized carbons (Fsp3) is 0.263. The summed E-state index contributed by atoms with van der Waals surface area (Å²) in [5.74, 6) is -1.64. The van der Waals surface area contributed by atoms with Gasteiger partial charge in [0.25, 0.3) is 5.91 Å². The molecule has 2 aromatic rings. The Balaban J connectivity index is 1.92. The molecule has 130 valence electrons. The second-order valence-corrected chi connectivity index (χ2v) is 6.33. The van der Waals surface area contributed by atoms with Gasteiger partial charge in [-0.05, 0) is 54.7 Å². The number of amides is 1. The van der Waals surface area contributed by atoms with Crippen LogP contribution in [0.3, 0.4) is 0 Å². The van der Waals surface area contributed by atoms with E-state index in [4.69, 9.17) is 11.6 Å². The molecule has 3 rings (SSSR count). The zero-order valence-corrected chi connectivity index (χ0v) is 14.4. The summed E-state index contributed by atoms with van der Waals surface area (Å²) in [6.45, 7) is 0. The van der Waals surface area contributed by atoms with E-state index in [2.05, 4.69) is 10.1 Å². The summed E-state index contributed by atoms with van der Waals surface area (Å²) in [4.78, 5) is 24.3. The lowest BCUT2D eigenvalue weighted by Gasteiger charge is -2.27. The second-order valence-electron chi connectivity index (χ2n) is 5.92. The average Bonchev–Trinajstić information content (AvgIpc) is 2.61. The van der Waals surface area contributed by atoms with Gasteiger partial charge in [0.15, 0.2) is 0 Å². The Labute approximate surface area is 149 Å². The molecule has 0 aliphatic heterocycles. The van der Waals surface area contributed by atoms with E-state index in [1.165, 1.54) is 19.2 Å². The van der Waals surface area contributed by atoms with Gasteiger partial charge >= 0.3 is 5.97 Å². The number of halogens is 2. The molecule has 0 unspecified atom stereocenters. The molecule has 0 spiro atoms. The van der Waals surface area contributed by atoms with Crippen molar-refractivity contribution in [2.24, 2.45) is 0 Å². The van der Waals surface area contributed by atoms with Crippen LogP contribution in [0.15, 0.2) is 36.4 Å². The van der Waals surface area contributed by atoms with Crippen molar-refractivity contribution in [2.45, 2.75) is 25.3 Å². The minimum Gasteiger partial charge on any atom is -0.465 e. The van der Waals surface area contributed by atoms with Gasteiger partial charge in [0, 0.05) is 0 Å². The zero-order valence-electron chi connectivity index (χ0n) is 13.6. The average molecular weight is 362 g/mol. The van der Waals surface area contributed by atoms with Crippen molar-refractivity contribution < 1.29 is 18.7 Å². The van der Waals surface area contributed by atoms with E-state index < -0.39 is 11.8 Å². The van der Waals surface area contributed by atoms with Crippen molar-refractivity contribution in [3.8, 4) is 0 Å². The number of esters is 1. The fourth-order valence-corrected chi connectivity index (χ4v) is 3.34. The van der Waals surface area contributed by atoms with Gasteiger partial charge in [0.2, 0.25) is 0 Å². The van der Waals surface area contributed by atoms with Gasteiger partial charge in [-0.15, -0.1) is 0 Å². The van der Waals surface area contributed by atoms with Crippen LogP contribution in [0.2, 0.25) is 5.02 Å². The van der Waals surface area contributed by atoms with E-state index >= 15 is 0 Å². The summed E-state index contributed by atoms with van der Waals surface area (Å²) < 4.78 is 18.7. The number of hydrogen-bond donors (Lipinski definition) is 1. The zero-order chi connectivity index (χ0) is 18.0. The van der Waals surface area contributed by atoms with Crippen LogP contribution in [0.5, 0.6) is 0 Å². The van der Waals surface area contributed by atoms with Crippen LogP contribution in [-0.2, 0) is 11.2 Å². The van der Waals surface area contributed by atoms with Gasteiger partial charge in [-0.2, -0.15) is 0 Å². The Morgan fingerprint density at radius 1 is 1.24 bits per heavy atom. The molecule has 0 saturated heterocycles. The minimum absolute atomic E-state index is 0.125. The van der Waals surface area contributed by atoms with Crippen LogP contribution in [0.1, 0.15) is 50.7 Å². The lowest BCUT2D eigenvalue weighted by Crippen LogP contribution is -2.31. The van der Waals surface area contributed by atoms with Gasteiger partial charge < -0.3 is 10.1 Å². The van der Waals surface area contributed by atoms with Crippen LogP contribution in [0, 0.1) is 5.82 Å². The highest BCUT2D eigenvalue weighted by molar-refractivity contribution is 6.33. The smallest absolute Gasteiger partial charge is 0.340 e. The highest BCUT2D eigenvalue weighted by Gasteiger charge is 2.26. The van der Waals surface area contributed by atoms with Gasteiger partial charge in [-0.1, -0.05) is 23.7 Å². The molecule has 0 bridgehead atoms. The number of nitrogens with one attached hydrogen (secondary N) is 1. The van der Waals surface area contributed by atoms with Crippen LogP contribution in [0.25, 0.3) is 0 Å². The third-order valence-corrected chi connectivity index (χ3v) is 4.70. The molecule has 2 aromatic carbocycles. The predicted molar refractivity (Wildman–Crippen MR) is 92.3 cm³/mol. The third kappa shape index (κ3) is 3.51. The monoisotopic (exact) mass is 361 g/mol. The molecule has 1 aliphatic carbocycles. The number of ether oxygens (including phenoxy) is 1. The summed E-state index contributed by atoms with van der Waals surface area (Å²) in [5, 5.41) is 3.30. The molecule has 25 heavy (non-hydrogen) atoms. The number of aryl methyl sites for hydroxylation is 1. The van der Waals surface area contributed by atoms with Crippen molar-refractivity contribution in [1.82, 2.24) is 5.32 Å². The number of hydrogen-bond acceptors (Lipinski definition) is 3. The molecule has 1 atom stereocenters. The summed E-state index contributed by atoms with van der Waals surface area (Å²) >= 11 is 6.07. The lowest BCUT2D eigenvalue weighted by atomic mass is 9.86. The molecule has 1 amide bonds. The van der Waals surface area contributed by atoms with Crippen LogP contribution in [-0.4, -0.2) is 19.0 Å². The molecular weight excluding hydrogens is 345 g/mol. The third-order valence-electron chi connectivity index (χ3n) is 4.37. The highest BCUT2D eigenvalue weighted by Crippen LogP contribution is 2.32. The first-order valence-electron chi connectivity index (χ1n) is 7.97. The van der Waals surface area contributed by atoms with Crippen LogP contribution >= 0.6 is 11.6 Å². The maximum absolute atomic E-state index is 14.1. The second kappa shape index (κ2) is 7.23. The Morgan fingerprint density at radius 3 is 2.72 bits per heavy atom. The fourth-order valence-electron chi connectivity index (χ4n) is 3.12. The van der Waals surface area contributed by atoms with Crippen LogP contribution in [0.4, 0.5) is 4.39 Å². The molecule has 1 N–H and O–H groups in total. The Bertz CT molecular complexity index is 837. The SMILES string of the molecule is COC(=O)c1cc2c(cc1F)CCC[C@H]2NC(=O)c1ccccc1Cl. The first kappa shape index (κ1) is 17.4. The molecule has 0 heterocycles. The molecule has 0 aromatic heterocycles. The Morgan fingerprint density at radius 2 is 2.00 bits per heavy atom. The van der Waals surface area contributed by atoms with E-state index in [-0.39, 0.29) is 17.5 Å². The molecule has 1 aliphatic rings. The first-order valence-corrected chi connectivity index (χ1v) is 8.35. The van der Waals surface area contributed by atoms with Gasteiger partial charge in [0.05, 0.1) is 29.3 Å². The quantitative estimate of drug-likeness (QED) is 0.838. The maximum atomic E-state index is 14.1. The van der Waals surface area contributed by atoms with Crippen molar-refractivity contribution in [1.29, 1.82) is 0 Å². The molecule has 0 fully saturated rings. The largest absolute Gasteiger partial charge is 0.465 e. The number of carbonyl (C=O) groups is 2. The van der Waals surface area contributed by atoms with Crippen molar-refractivity contribution in [3.63, 3.8) is 0 Å². The topological polar surface area (TPSA) is 55.4 Å². The van der Waals surface area contributed by atoms with Crippen molar-refractivity contribution in [2.75, 3.05) is 7.11 Å². The number of carbonyl (C=O) groups excluding carboxylic acids is 2. The van der Waals surface area contributed by atoms with E-state index in [0.717, 1.165) is 17.5 Å². The van der Waals surface area contributed by atoms with Gasteiger partial charge in [-0.25, -0.2) is 9.18 Å². The minimum atomic E-state index is -0.734. The molecule has 6 heteroatoms. The highest BCUT2D eigenvalue weighted by atomic mass is 35.5. The van der Waals surface area contributed by atoms with Crippen molar-refractivity contribution in [3.05, 3.63) is 69.5 Å². The summed E-state index contributed by atoms with van der Waals surface area (Å²) in [6, 6.07) is 9.31. The predicted octanol–water partition coefficient (Wildman–Crippen LogP) is 4.07. The van der Waals surface area contributed by atoms with E-state index in [1.54, 1.807) is 24.3 Å². The van der Waals surface area contributed by atoms with E-state index in [0.29, 0.717) is 23.4 Å². The summed E-state index contributed by atoms with van der Waals surface area (Å²) in [5.41, 5.74) is 1.79. The Kier molecular flexibility index (Phi) is 5.04. The number of rotatable bonds is 3. The van der Waals surface area contributed by atoms with E-state index in [9.17, 15) is 14.0 Å². The van der Waals surface area contributed by atoms with Gasteiger partial charge in [0.1, 0.15) is 5.82 Å². The van der Waals surface area contributed by atoms with Crippen LogP contribution < -0.4 is 5.32 Å². The number of benzene rings is 2. The first-order chi connectivity index (χ1) is 12.0. The van der Waals surface area contributed by atoms with Gasteiger partial charge in [-0.3, -0.25) is 4.79 Å². The lowest BCUT2D eigenvalue weighted by molar-refractivity contribution is 0.0595. The Hall–Kier alpha value is -2.40. The molecular formula is C19H17ClFNO3. The standard InChI is InChI=1S/C19H17ClFNO3/c1-25-19(24)14-10-13-11(9-16(14)21)5-4-8-17(13)22-18(23)12-6-2-3-7-15(12)20/h2-3,6-7,9-10,17H,4-5,8H2,1H3,(H,22,23)/t17-/m1/s1. The number of fused-ring (bicyclic) bond motifs is 1. The molecule has 0 radical (unpaired) electrons. The molecule has 4 nitrogen and oxygen atoms in total.